The van der Waals surface area contributed by atoms with Crippen molar-refractivity contribution in [2.45, 2.75) is 38.5 Å². The first-order valence-corrected chi connectivity index (χ1v) is 9.99. The Morgan fingerprint density at radius 3 is 2.62 bits per heavy atom. The SMILES string of the molecule is CC(C)c1nccc(N2CCC(c3nnc4ccc(-n5cccn5)nn34)CC2)n1. The maximum Gasteiger partial charge on any atom is 0.178 e. The molecule has 4 aromatic rings. The van der Waals surface area contributed by atoms with Gasteiger partial charge in [0.1, 0.15) is 11.6 Å². The van der Waals surface area contributed by atoms with Gasteiger partial charge in [0.2, 0.25) is 0 Å². The minimum atomic E-state index is 0.313. The fraction of sp³-hybridized carbons (Fsp3) is 0.400. The van der Waals surface area contributed by atoms with E-state index in [4.69, 9.17) is 10.1 Å². The van der Waals surface area contributed by atoms with E-state index in [-0.39, 0.29) is 0 Å². The first kappa shape index (κ1) is 17.7. The third-order valence-corrected chi connectivity index (χ3v) is 5.37. The highest BCUT2D eigenvalue weighted by Crippen LogP contribution is 2.29. The second-order valence-electron chi connectivity index (χ2n) is 7.66. The summed E-state index contributed by atoms with van der Waals surface area (Å²) in [6.45, 7) is 6.08. The van der Waals surface area contributed by atoms with E-state index in [1.165, 1.54) is 0 Å². The summed E-state index contributed by atoms with van der Waals surface area (Å²) in [5, 5.41) is 17.7. The Morgan fingerprint density at radius 1 is 1.00 bits per heavy atom. The van der Waals surface area contributed by atoms with Gasteiger partial charge >= 0.3 is 0 Å². The lowest BCUT2D eigenvalue weighted by atomic mass is 9.96. The van der Waals surface area contributed by atoms with Crippen LogP contribution in [0.2, 0.25) is 0 Å². The number of fused-ring (bicyclic) bond motifs is 1. The highest BCUT2D eigenvalue weighted by atomic mass is 15.4. The standard InChI is InChI=1S/C20H23N9/c1-14(2)19-21-10-6-16(23-19)27-12-7-15(8-13-27)20-25-24-17-4-5-18(26-29(17)20)28-11-3-9-22-28/h3-6,9-11,14-15H,7-8,12-13H2,1-2H3. The molecule has 1 saturated heterocycles. The van der Waals surface area contributed by atoms with Gasteiger partial charge in [-0.3, -0.25) is 0 Å². The summed E-state index contributed by atoms with van der Waals surface area (Å²) in [5.74, 6) is 4.20. The third kappa shape index (κ3) is 3.32. The van der Waals surface area contributed by atoms with Gasteiger partial charge in [-0.15, -0.1) is 15.3 Å². The highest BCUT2D eigenvalue weighted by Gasteiger charge is 2.26. The molecule has 0 N–H and O–H groups in total. The van der Waals surface area contributed by atoms with Gasteiger partial charge in [0.25, 0.3) is 0 Å². The van der Waals surface area contributed by atoms with Crippen LogP contribution in [0.25, 0.3) is 11.5 Å². The zero-order chi connectivity index (χ0) is 19.8. The molecule has 29 heavy (non-hydrogen) atoms. The lowest BCUT2D eigenvalue weighted by molar-refractivity contribution is 0.474. The smallest absolute Gasteiger partial charge is 0.178 e. The molecule has 1 fully saturated rings. The summed E-state index contributed by atoms with van der Waals surface area (Å²) < 4.78 is 3.60. The molecule has 9 heteroatoms. The van der Waals surface area contributed by atoms with E-state index < -0.39 is 0 Å². The molecule has 0 bridgehead atoms. The maximum absolute atomic E-state index is 4.73. The predicted molar refractivity (Wildman–Crippen MR) is 108 cm³/mol. The average Bonchev–Trinajstić information content (AvgIpc) is 3.43. The van der Waals surface area contributed by atoms with Crippen LogP contribution >= 0.6 is 0 Å². The van der Waals surface area contributed by atoms with E-state index >= 15 is 0 Å². The second-order valence-corrected chi connectivity index (χ2v) is 7.66. The molecule has 0 spiro atoms. The van der Waals surface area contributed by atoms with Crippen molar-refractivity contribution >= 4 is 11.5 Å². The topological polar surface area (TPSA) is 89.9 Å². The van der Waals surface area contributed by atoms with Crippen molar-refractivity contribution in [1.29, 1.82) is 0 Å². The Balaban J connectivity index is 1.36. The number of piperidine rings is 1. The molecular weight excluding hydrogens is 366 g/mol. The Hall–Kier alpha value is -3.36. The average molecular weight is 389 g/mol. The maximum atomic E-state index is 4.73. The van der Waals surface area contributed by atoms with E-state index in [0.29, 0.717) is 11.8 Å². The zero-order valence-corrected chi connectivity index (χ0v) is 16.5. The minimum Gasteiger partial charge on any atom is -0.356 e. The van der Waals surface area contributed by atoms with Gasteiger partial charge in [-0.1, -0.05) is 13.8 Å². The molecule has 0 aromatic carbocycles. The van der Waals surface area contributed by atoms with Crippen LogP contribution in [0.5, 0.6) is 0 Å². The summed E-state index contributed by atoms with van der Waals surface area (Å²) in [6.07, 6.45) is 7.44. The van der Waals surface area contributed by atoms with Crippen molar-refractivity contribution in [2.75, 3.05) is 18.0 Å². The zero-order valence-electron chi connectivity index (χ0n) is 16.5. The number of hydrogen-bond acceptors (Lipinski definition) is 7. The molecule has 0 atom stereocenters. The molecule has 0 unspecified atom stereocenters. The molecule has 5 rings (SSSR count). The van der Waals surface area contributed by atoms with Crippen LogP contribution in [-0.2, 0) is 0 Å². The predicted octanol–water partition coefficient (Wildman–Crippen LogP) is 2.61. The Labute approximate surface area is 168 Å². The van der Waals surface area contributed by atoms with Gasteiger partial charge in [0.15, 0.2) is 17.3 Å². The van der Waals surface area contributed by atoms with Crippen LogP contribution in [0, 0.1) is 0 Å². The lowest BCUT2D eigenvalue weighted by Crippen LogP contribution is -2.34. The fourth-order valence-electron chi connectivity index (χ4n) is 3.76. The Bertz CT molecular complexity index is 1110. The van der Waals surface area contributed by atoms with Crippen molar-refractivity contribution in [2.24, 2.45) is 0 Å². The lowest BCUT2D eigenvalue weighted by Gasteiger charge is -2.32. The minimum absolute atomic E-state index is 0.313. The summed E-state index contributed by atoms with van der Waals surface area (Å²) in [6, 6.07) is 7.72. The van der Waals surface area contributed by atoms with Crippen molar-refractivity contribution in [1.82, 2.24) is 39.6 Å². The van der Waals surface area contributed by atoms with Crippen LogP contribution < -0.4 is 4.90 Å². The normalized spacial score (nSPS) is 15.5. The summed E-state index contributed by atoms with van der Waals surface area (Å²) in [5.41, 5.74) is 0.760. The quantitative estimate of drug-likeness (QED) is 0.530. The molecule has 148 valence electrons. The van der Waals surface area contributed by atoms with E-state index in [0.717, 1.165) is 54.9 Å². The van der Waals surface area contributed by atoms with Crippen molar-refractivity contribution < 1.29 is 0 Å². The van der Waals surface area contributed by atoms with Crippen molar-refractivity contribution in [3.63, 3.8) is 0 Å². The number of anilines is 1. The molecule has 4 aromatic heterocycles. The van der Waals surface area contributed by atoms with Gasteiger partial charge in [-0.25, -0.2) is 14.6 Å². The summed E-state index contributed by atoms with van der Waals surface area (Å²) in [4.78, 5) is 11.4. The van der Waals surface area contributed by atoms with Gasteiger partial charge in [0, 0.05) is 43.5 Å². The summed E-state index contributed by atoms with van der Waals surface area (Å²) in [7, 11) is 0. The fourth-order valence-corrected chi connectivity index (χ4v) is 3.76. The largest absolute Gasteiger partial charge is 0.356 e. The van der Waals surface area contributed by atoms with Gasteiger partial charge < -0.3 is 4.90 Å². The molecule has 9 nitrogen and oxygen atoms in total. The second kappa shape index (κ2) is 7.23. The van der Waals surface area contributed by atoms with Gasteiger partial charge in [-0.2, -0.15) is 9.61 Å². The van der Waals surface area contributed by atoms with E-state index in [9.17, 15) is 0 Å². The molecule has 0 radical (unpaired) electrons. The highest BCUT2D eigenvalue weighted by molar-refractivity contribution is 5.41. The molecule has 5 heterocycles. The summed E-state index contributed by atoms with van der Waals surface area (Å²) >= 11 is 0. The molecule has 0 saturated carbocycles. The monoisotopic (exact) mass is 389 g/mol. The van der Waals surface area contributed by atoms with Crippen molar-refractivity contribution in [3.05, 3.63) is 54.5 Å². The van der Waals surface area contributed by atoms with Gasteiger partial charge in [0.05, 0.1) is 0 Å². The van der Waals surface area contributed by atoms with Crippen LogP contribution in [0.3, 0.4) is 0 Å². The third-order valence-electron chi connectivity index (χ3n) is 5.37. The molecular formula is C20H23N9. The number of rotatable bonds is 4. The van der Waals surface area contributed by atoms with Crippen LogP contribution in [0.1, 0.15) is 50.2 Å². The first-order valence-electron chi connectivity index (χ1n) is 9.99. The number of nitrogens with zero attached hydrogens (tertiary/aromatic N) is 9. The van der Waals surface area contributed by atoms with Crippen molar-refractivity contribution in [3.8, 4) is 5.82 Å². The van der Waals surface area contributed by atoms with E-state index in [1.807, 2.05) is 41.2 Å². The molecule has 0 aliphatic carbocycles. The van der Waals surface area contributed by atoms with Crippen LogP contribution in [0.15, 0.2) is 42.9 Å². The number of aromatic nitrogens is 8. The van der Waals surface area contributed by atoms with Crippen LogP contribution in [-0.4, -0.2) is 52.6 Å². The Morgan fingerprint density at radius 2 is 1.86 bits per heavy atom. The Kier molecular flexibility index (Phi) is 4.42. The van der Waals surface area contributed by atoms with Gasteiger partial charge in [-0.05, 0) is 37.1 Å². The number of hydrogen-bond donors (Lipinski definition) is 0. The molecule has 1 aliphatic heterocycles. The first-order chi connectivity index (χ1) is 14.2. The molecule has 1 aliphatic rings. The van der Waals surface area contributed by atoms with Crippen LogP contribution in [0.4, 0.5) is 5.82 Å². The van der Waals surface area contributed by atoms with E-state index in [1.54, 1.807) is 10.9 Å². The van der Waals surface area contributed by atoms with E-state index in [2.05, 4.69) is 39.0 Å². The molecule has 0 amide bonds.